The summed E-state index contributed by atoms with van der Waals surface area (Å²) in [7, 11) is 0. The van der Waals surface area contributed by atoms with Gasteiger partial charge in [-0.3, -0.25) is 0 Å². The third-order valence-electron chi connectivity index (χ3n) is 4.73. The smallest absolute Gasteiger partial charge is 0.127 e. The van der Waals surface area contributed by atoms with E-state index in [0.29, 0.717) is 5.92 Å². The first-order chi connectivity index (χ1) is 10.5. The molecule has 0 fully saturated rings. The van der Waals surface area contributed by atoms with Gasteiger partial charge in [0.05, 0.1) is 0 Å². The molecule has 0 N–H and O–H groups in total. The molecule has 2 aliphatic carbocycles. The maximum atomic E-state index is 10.9. The third kappa shape index (κ3) is 4.43. The van der Waals surface area contributed by atoms with Crippen LogP contribution in [0.4, 0.5) is 0 Å². The van der Waals surface area contributed by atoms with E-state index in [-0.39, 0.29) is 11.3 Å². The van der Waals surface area contributed by atoms with Gasteiger partial charge in [-0.15, -0.1) is 6.58 Å². The summed E-state index contributed by atoms with van der Waals surface area (Å²) in [6, 6.07) is 0. The summed E-state index contributed by atoms with van der Waals surface area (Å²) in [4.78, 5) is 10.9. The summed E-state index contributed by atoms with van der Waals surface area (Å²) in [6.07, 6.45) is 21.8. The minimum atomic E-state index is 0.0869. The highest BCUT2D eigenvalue weighted by Gasteiger charge is 2.23. The summed E-state index contributed by atoms with van der Waals surface area (Å²) < 4.78 is 0. The molecule has 2 rings (SSSR count). The van der Waals surface area contributed by atoms with Crippen molar-refractivity contribution in [3.05, 3.63) is 60.3 Å². The number of allylic oxidation sites excluding steroid dienone is 9. The molecule has 0 radical (unpaired) electrons. The Morgan fingerprint density at radius 2 is 2.00 bits per heavy atom. The minimum Gasteiger partial charge on any atom is -0.303 e. The molecule has 2 aliphatic rings. The Labute approximate surface area is 135 Å². The average molecular weight is 296 g/mol. The van der Waals surface area contributed by atoms with Crippen molar-refractivity contribution in [1.82, 2.24) is 0 Å². The van der Waals surface area contributed by atoms with Crippen LogP contribution in [0.5, 0.6) is 0 Å². The van der Waals surface area contributed by atoms with Crippen LogP contribution in [-0.2, 0) is 4.79 Å². The Kier molecular flexibility index (Phi) is 5.76. The summed E-state index contributed by atoms with van der Waals surface area (Å²) in [5.74, 6) is 0.693. The Balaban J connectivity index is 1.96. The maximum Gasteiger partial charge on any atom is 0.127 e. The summed E-state index contributed by atoms with van der Waals surface area (Å²) in [6.45, 7) is 8.45. The number of rotatable bonds is 7. The SMILES string of the molecule is C=CCC(C)(C)C1=CC(CCC2=CC(C=O)CC=C2)CC=C1. The Morgan fingerprint density at radius 1 is 1.23 bits per heavy atom. The number of aldehydes is 1. The molecule has 0 amide bonds. The average Bonchev–Trinajstić information content (AvgIpc) is 2.53. The molecule has 118 valence electrons. The van der Waals surface area contributed by atoms with Crippen molar-refractivity contribution in [3.8, 4) is 0 Å². The van der Waals surface area contributed by atoms with E-state index < -0.39 is 0 Å². The van der Waals surface area contributed by atoms with E-state index >= 15 is 0 Å². The van der Waals surface area contributed by atoms with E-state index in [1.54, 1.807) is 0 Å². The fraction of sp³-hybridized carbons (Fsp3) is 0.476. The van der Waals surface area contributed by atoms with Crippen LogP contribution in [0.1, 0.15) is 46.0 Å². The molecule has 0 aromatic heterocycles. The van der Waals surface area contributed by atoms with Crippen LogP contribution >= 0.6 is 0 Å². The fourth-order valence-electron chi connectivity index (χ4n) is 3.27. The Bertz CT molecular complexity index is 528. The van der Waals surface area contributed by atoms with E-state index in [0.717, 1.165) is 38.4 Å². The Hall–Kier alpha value is -1.63. The standard InChI is InChI=1S/C21H28O/c1-4-13-21(2,3)20-10-6-8-18(15-20)12-11-17-7-5-9-19(14-17)16-22/h4-7,10,14-16,18-19H,1,8-9,11-13H2,2-3H3. The van der Waals surface area contributed by atoms with Gasteiger partial charge in [0, 0.05) is 5.92 Å². The molecule has 0 saturated heterocycles. The van der Waals surface area contributed by atoms with E-state index in [1.165, 1.54) is 11.1 Å². The zero-order valence-electron chi connectivity index (χ0n) is 13.9. The molecule has 0 saturated carbocycles. The molecule has 0 aromatic carbocycles. The third-order valence-corrected chi connectivity index (χ3v) is 4.73. The molecule has 0 bridgehead atoms. The van der Waals surface area contributed by atoms with Crippen molar-refractivity contribution in [2.75, 3.05) is 0 Å². The second-order valence-corrected chi connectivity index (χ2v) is 7.12. The Morgan fingerprint density at radius 3 is 2.73 bits per heavy atom. The number of hydrogen-bond donors (Lipinski definition) is 0. The van der Waals surface area contributed by atoms with Crippen molar-refractivity contribution < 1.29 is 4.79 Å². The molecule has 2 unspecified atom stereocenters. The number of carbonyl (C=O) groups is 1. The van der Waals surface area contributed by atoms with Gasteiger partial charge in [0.1, 0.15) is 6.29 Å². The lowest BCUT2D eigenvalue weighted by Gasteiger charge is -2.29. The van der Waals surface area contributed by atoms with Crippen LogP contribution in [0.3, 0.4) is 0 Å². The second kappa shape index (κ2) is 7.58. The van der Waals surface area contributed by atoms with Crippen molar-refractivity contribution in [2.24, 2.45) is 17.3 Å². The first-order valence-electron chi connectivity index (χ1n) is 8.37. The molecule has 1 nitrogen and oxygen atoms in total. The van der Waals surface area contributed by atoms with Crippen molar-refractivity contribution >= 4 is 6.29 Å². The first-order valence-corrected chi connectivity index (χ1v) is 8.37. The fourth-order valence-corrected chi connectivity index (χ4v) is 3.27. The number of hydrogen-bond acceptors (Lipinski definition) is 1. The van der Waals surface area contributed by atoms with E-state index in [4.69, 9.17) is 0 Å². The quantitative estimate of drug-likeness (QED) is 0.443. The predicted molar refractivity (Wildman–Crippen MR) is 94.6 cm³/mol. The summed E-state index contributed by atoms with van der Waals surface area (Å²) in [5, 5.41) is 0. The zero-order chi connectivity index (χ0) is 16.0. The highest BCUT2D eigenvalue weighted by Crippen LogP contribution is 2.36. The largest absolute Gasteiger partial charge is 0.303 e. The monoisotopic (exact) mass is 296 g/mol. The topological polar surface area (TPSA) is 17.1 Å². The van der Waals surface area contributed by atoms with E-state index in [2.05, 4.69) is 56.9 Å². The van der Waals surface area contributed by atoms with Gasteiger partial charge < -0.3 is 4.79 Å². The van der Waals surface area contributed by atoms with E-state index in [1.807, 2.05) is 6.08 Å². The summed E-state index contributed by atoms with van der Waals surface area (Å²) >= 11 is 0. The van der Waals surface area contributed by atoms with Crippen molar-refractivity contribution in [2.45, 2.75) is 46.0 Å². The van der Waals surface area contributed by atoms with Gasteiger partial charge in [0.15, 0.2) is 0 Å². The van der Waals surface area contributed by atoms with Gasteiger partial charge in [-0.2, -0.15) is 0 Å². The lowest BCUT2D eigenvalue weighted by molar-refractivity contribution is -0.109. The zero-order valence-corrected chi connectivity index (χ0v) is 13.9. The van der Waals surface area contributed by atoms with Crippen LogP contribution in [-0.4, -0.2) is 6.29 Å². The van der Waals surface area contributed by atoms with Gasteiger partial charge in [-0.25, -0.2) is 0 Å². The molecular formula is C21H28O. The van der Waals surface area contributed by atoms with Crippen molar-refractivity contribution in [3.63, 3.8) is 0 Å². The van der Waals surface area contributed by atoms with Crippen LogP contribution in [0.15, 0.2) is 60.3 Å². The van der Waals surface area contributed by atoms with Gasteiger partial charge in [-0.1, -0.05) is 62.0 Å². The molecule has 2 atom stereocenters. The summed E-state index contributed by atoms with van der Waals surface area (Å²) in [5.41, 5.74) is 2.92. The van der Waals surface area contributed by atoms with Crippen molar-refractivity contribution in [1.29, 1.82) is 0 Å². The molecule has 0 aliphatic heterocycles. The molecule has 1 heteroatoms. The lowest BCUT2D eigenvalue weighted by atomic mass is 9.76. The van der Waals surface area contributed by atoms with Gasteiger partial charge in [0.2, 0.25) is 0 Å². The maximum absolute atomic E-state index is 10.9. The molecular weight excluding hydrogens is 268 g/mol. The normalized spacial score (nSPS) is 24.6. The lowest BCUT2D eigenvalue weighted by Crippen LogP contribution is -2.16. The van der Waals surface area contributed by atoms with Gasteiger partial charge >= 0.3 is 0 Å². The molecule has 0 spiro atoms. The van der Waals surface area contributed by atoms with Crippen LogP contribution in [0.2, 0.25) is 0 Å². The minimum absolute atomic E-state index is 0.0869. The van der Waals surface area contributed by atoms with E-state index in [9.17, 15) is 4.79 Å². The molecule has 22 heavy (non-hydrogen) atoms. The van der Waals surface area contributed by atoms with Gasteiger partial charge in [-0.05, 0) is 49.0 Å². The number of carbonyl (C=O) groups excluding carboxylic acids is 1. The predicted octanol–water partition coefficient (Wildman–Crippen LogP) is 5.57. The van der Waals surface area contributed by atoms with Crippen LogP contribution in [0.25, 0.3) is 0 Å². The molecule has 0 aromatic rings. The second-order valence-electron chi connectivity index (χ2n) is 7.12. The highest BCUT2D eigenvalue weighted by molar-refractivity contribution is 5.58. The molecule has 0 heterocycles. The van der Waals surface area contributed by atoms with Gasteiger partial charge in [0.25, 0.3) is 0 Å². The van der Waals surface area contributed by atoms with Crippen LogP contribution in [0, 0.1) is 17.3 Å². The highest BCUT2D eigenvalue weighted by atomic mass is 16.1. The van der Waals surface area contributed by atoms with Crippen LogP contribution < -0.4 is 0 Å². The first kappa shape index (κ1) is 16.7.